The normalized spacial score (nSPS) is 21.9. The second-order valence-corrected chi connectivity index (χ2v) is 7.56. The van der Waals surface area contributed by atoms with E-state index in [0.717, 1.165) is 36.8 Å². The third kappa shape index (κ3) is 3.09. The number of benzene rings is 2. The first kappa shape index (κ1) is 15.3. The summed E-state index contributed by atoms with van der Waals surface area (Å²) in [6.45, 7) is 4.15. The number of hydrogen-bond acceptors (Lipinski definition) is 4. The van der Waals surface area contributed by atoms with Gasteiger partial charge in [0, 0.05) is 47.7 Å². The third-order valence-corrected chi connectivity index (χ3v) is 5.80. The highest BCUT2D eigenvalue weighted by Crippen LogP contribution is 2.45. The fourth-order valence-corrected chi connectivity index (χ4v) is 4.24. The summed E-state index contributed by atoms with van der Waals surface area (Å²) < 4.78 is 6.44. The van der Waals surface area contributed by atoms with Crippen molar-refractivity contribution >= 4 is 23.4 Å². The molecule has 2 aliphatic heterocycles. The Morgan fingerprint density at radius 3 is 2.65 bits per heavy atom. The van der Waals surface area contributed by atoms with Gasteiger partial charge in [-0.25, -0.2) is 0 Å². The van der Waals surface area contributed by atoms with E-state index in [2.05, 4.69) is 41.1 Å². The quantitative estimate of drug-likeness (QED) is 0.771. The Balaban J connectivity index is 1.74. The molecule has 2 aromatic rings. The zero-order chi connectivity index (χ0) is 15.8. The highest BCUT2D eigenvalue weighted by atomic mass is 35.5. The molecule has 0 aliphatic carbocycles. The highest BCUT2D eigenvalue weighted by Gasteiger charge is 2.30. The molecular formula is C18H19ClN2OS. The van der Waals surface area contributed by atoms with Crippen molar-refractivity contribution in [2.75, 3.05) is 33.2 Å². The van der Waals surface area contributed by atoms with Crippen LogP contribution in [-0.4, -0.2) is 43.0 Å². The summed E-state index contributed by atoms with van der Waals surface area (Å²) in [4.78, 5) is 7.17. The predicted octanol–water partition coefficient (Wildman–Crippen LogP) is 4.13. The van der Waals surface area contributed by atoms with E-state index in [1.165, 1.54) is 10.5 Å². The van der Waals surface area contributed by atoms with Gasteiger partial charge in [0.2, 0.25) is 0 Å². The van der Waals surface area contributed by atoms with Crippen LogP contribution < -0.4 is 4.74 Å². The van der Waals surface area contributed by atoms with E-state index < -0.39 is 0 Å². The first-order valence-electron chi connectivity index (χ1n) is 7.86. The van der Waals surface area contributed by atoms with E-state index in [9.17, 15) is 0 Å². The number of halogens is 1. The van der Waals surface area contributed by atoms with Crippen LogP contribution in [0.2, 0.25) is 5.02 Å². The van der Waals surface area contributed by atoms with Crippen molar-refractivity contribution in [2.24, 2.45) is 0 Å². The van der Waals surface area contributed by atoms with E-state index in [-0.39, 0.29) is 6.23 Å². The number of rotatable bonds is 1. The fourth-order valence-electron chi connectivity index (χ4n) is 3.07. The molecule has 0 bridgehead atoms. The number of piperazine rings is 1. The Morgan fingerprint density at radius 2 is 1.83 bits per heavy atom. The minimum absolute atomic E-state index is 0.0490. The van der Waals surface area contributed by atoms with Crippen molar-refractivity contribution in [3.8, 4) is 5.75 Å². The van der Waals surface area contributed by atoms with E-state index in [1.807, 2.05) is 18.2 Å². The van der Waals surface area contributed by atoms with Gasteiger partial charge >= 0.3 is 0 Å². The Hall–Kier alpha value is -1.20. The fraction of sp³-hybridized carbons (Fsp3) is 0.333. The maximum atomic E-state index is 6.44. The van der Waals surface area contributed by atoms with E-state index >= 15 is 0 Å². The van der Waals surface area contributed by atoms with Crippen molar-refractivity contribution in [2.45, 2.75) is 16.0 Å². The van der Waals surface area contributed by atoms with Crippen LogP contribution in [0.25, 0.3) is 0 Å². The molecule has 1 saturated heterocycles. The van der Waals surface area contributed by atoms with Crippen LogP contribution >= 0.6 is 23.4 Å². The maximum Gasteiger partial charge on any atom is 0.180 e. The molecule has 4 rings (SSSR count). The molecule has 120 valence electrons. The average molecular weight is 347 g/mol. The number of fused-ring (bicyclic) bond motifs is 2. The molecule has 3 nitrogen and oxygen atoms in total. The minimum atomic E-state index is -0.0490. The Labute approximate surface area is 146 Å². The number of ether oxygens (including phenoxy) is 1. The van der Waals surface area contributed by atoms with Crippen molar-refractivity contribution in [1.82, 2.24) is 9.80 Å². The second-order valence-electron chi connectivity index (χ2n) is 6.04. The molecule has 0 radical (unpaired) electrons. The van der Waals surface area contributed by atoms with Crippen molar-refractivity contribution in [3.63, 3.8) is 0 Å². The standard InChI is InChI=1S/C18H19ClN2OS/c1-20-8-10-21(11-9-20)18-14-4-2-3-5-16(14)23-17-7-6-13(19)12-15(17)22-18/h2-7,12,18H,8-11H2,1H3/t18-/m0/s1. The van der Waals surface area contributed by atoms with Gasteiger partial charge in [-0.2, -0.15) is 0 Å². The molecule has 0 unspecified atom stereocenters. The van der Waals surface area contributed by atoms with Gasteiger partial charge in [0.1, 0.15) is 5.75 Å². The van der Waals surface area contributed by atoms with E-state index in [1.54, 1.807) is 11.8 Å². The van der Waals surface area contributed by atoms with Crippen molar-refractivity contribution in [1.29, 1.82) is 0 Å². The lowest BCUT2D eigenvalue weighted by atomic mass is 10.1. The minimum Gasteiger partial charge on any atom is -0.470 e. The third-order valence-electron chi connectivity index (χ3n) is 4.42. The zero-order valence-electron chi connectivity index (χ0n) is 13.0. The van der Waals surface area contributed by atoms with Crippen LogP contribution in [-0.2, 0) is 0 Å². The average Bonchev–Trinajstić information content (AvgIpc) is 2.72. The molecule has 1 atom stereocenters. The summed E-state index contributed by atoms with van der Waals surface area (Å²) in [7, 11) is 2.17. The molecule has 0 amide bonds. The molecule has 2 aliphatic rings. The van der Waals surface area contributed by atoms with Crippen LogP contribution in [0.1, 0.15) is 11.8 Å². The van der Waals surface area contributed by atoms with Crippen LogP contribution in [0, 0.1) is 0 Å². The van der Waals surface area contributed by atoms with Gasteiger partial charge in [0.05, 0.1) is 4.90 Å². The number of hydrogen-bond donors (Lipinski definition) is 0. The zero-order valence-corrected chi connectivity index (χ0v) is 14.6. The molecule has 2 aromatic carbocycles. The van der Waals surface area contributed by atoms with Gasteiger partial charge < -0.3 is 9.64 Å². The lowest BCUT2D eigenvalue weighted by Crippen LogP contribution is -2.47. The van der Waals surface area contributed by atoms with Crippen LogP contribution in [0.4, 0.5) is 0 Å². The Kier molecular flexibility index (Phi) is 4.24. The summed E-state index contributed by atoms with van der Waals surface area (Å²) in [5.41, 5.74) is 1.24. The first-order valence-corrected chi connectivity index (χ1v) is 9.06. The van der Waals surface area contributed by atoms with Gasteiger partial charge in [0.15, 0.2) is 6.23 Å². The van der Waals surface area contributed by atoms with Crippen LogP contribution in [0.15, 0.2) is 52.3 Å². The molecule has 0 aromatic heterocycles. The van der Waals surface area contributed by atoms with Crippen LogP contribution in [0.5, 0.6) is 5.75 Å². The summed E-state index contributed by atoms with van der Waals surface area (Å²) in [6.07, 6.45) is -0.0490. The van der Waals surface area contributed by atoms with Crippen molar-refractivity contribution in [3.05, 3.63) is 53.1 Å². The Morgan fingerprint density at radius 1 is 1.04 bits per heavy atom. The molecular weight excluding hydrogens is 328 g/mol. The Bertz CT molecular complexity index is 716. The van der Waals surface area contributed by atoms with E-state index in [4.69, 9.17) is 16.3 Å². The highest BCUT2D eigenvalue weighted by molar-refractivity contribution is 7.99. The molecule has 0 N–H and O–H groups in total. The summed E-state index contributed by atoms with van der Waals surface area (Å²) in [5.74, 6) is 0.877. The maximum absolute atomic E-state index is 6.44. The van der Waals surface area contributed by atoms with Gasteiger partial charge in [-0.05, 0) is 25.2 Å². The smallest absolute Gasteiger partial charge is 0.180 e. The predicted molar refractivity (Wildman–Crippen MR) is 94.5 cm³/mol. The lowest BCUT2D eigenvalue weighted by Gasteiger charge is -2.37. The van der Waals surface area contributed by atoms with Crippen LogP contribution in [0.3, 0.4) is 0 Å². The second kappa shape index (κ2) is 6.36. The topological polar surface area (TPSA) is 15.7 Å². The summed E-state index contributed by atoms with van der Waals surface area (Å²) in [5, 5.41) is 0.715. The molecule has 5 heteroatoms. The number of nitrogens with zero attached hydrogens (tertiary/aromatic N) is 2. The number of likely N-dealkylation sites (N-methyl/N-ethyl adjacent to an activating group) is 1. The molecule has 2 heterocycles. The summed E-state index contributed by atoms with van der Waals surface area (Å²) in [6, 6.07) is 14.4. The van der Waals surface area contributed by atoms with Gasteiger partial charge in [-0.3, -0.25) is 4.90 Å². The molecule has 1 fully saturated rings. The van der Waals surface area contributed by atoms with Gasteiger partial charge in [-0.1, -0.05) is 41.6 Å². The van der Waals surface area contributed by atoms with Gasteiger partial charge in [0.25, 0.3) is 0 Å². The summed E-state index contributed by atoms with van der Waals surface area (Å²) >= 11 is 7.94. The molecule has 0 spiro atoms. The molecule has 0 saturated carbocycles. The molecule has 23 heavy (non-hydrogen) atoms. The van der Waals surface area contributed by atoms with E-state index in [0.29, 0.717) is 5.02 Å². The van der Waals surface area contributed by atoms with Crippen molar-refractivity contribution < 1.29 is 4.74 Å². The lowest BCUT2D eigenvalue weighted by molar-refractivity contribution is -0.00755. The largest absolute Gasteiger partial charge is 0.470 e. The SMILES string of the molecule is CN1CCN([C@H]2Oc3cc(Cl)ccc3Sc3ccccc32)CC1. The van der Waals surface area contributed by atoms with Gasteiger partial charge in [-0.15, -0.1) is 0 Å². The first-order chi connectivity index (χ1) is 11.2. The monoisotopic (exact) mass is 346 g/mol.